The van der Waals surface area contributed by atoms with Crippen molar-refractivity contribution in [3.8, 4) is 11.5 Å². The molecule has 0 spiro atoms. The van der Waals surface area contributed by atoms with Gasteiger partial charge in [0.2, 0.25) is 0 Å². The number of rotatable bonds is 3. The van der Waals surface area contributed by atoms with Crippen molar-refractivity contribution in [2.24, 2.45) is 0 Å². The molecule has 0 fully saturated rings. The van der Waals surface area contributed by atoms with Gasteiger partial charge in [-0.3, -0.25) is 0 Å². The fraction of sp³-hybridized carbons (Fsp3) is 0.364. The van der Waals surface area contributed by atoms with Gasteiger partial charge >= 0.3 is 6.09 Å². The lowest BCUT2D eigenvalue weighted by Crippen LogP contribution is -2.34. The maximum Gasteiger partial charge on any atom is 0.407 e. The van der Waals surface area contributed by atoms with Gasteiger partial charge in [-0.05, 0) is 0 Å². The zero-order valence-corrected chi connectivity index (χ0v) is 10.00. The Morgan fingerprint density at radius 1 is 1.53 bits per heavy atom. The van der Waals surface area contributed by atoms with Crippen molar-refractivity contribution >= 4 is 17.4 Å². The molecule has 1 aliphatic rings. The molecule has 1 aromatic heterocycles. The number of ether oxygens (including phenoxy) is 3. The van der Waals surface area contributed by atoms with Gasteiger partial charge in [0.05, 0.1) is 0 Å². The minimum absolute atomic E-state index is 0.297. The maximum absolute atomic E-state index is 11.3. The normalized spacial score (nSPS) is 14.8. The van der Waals surface area contributed by atoms with Gasteiger partial charge < -0.3 is 19.5 Å². The first kappa shape index (κ1) is 11.8. The summed E-state index contributed by atoms with van der Waals surface area (Å²) in [6.45, 7) is 4.47. The molecule has 1 aliphatic heterocycles. The monoisotopic (exact) mass is 255 g/mol. The molecule has 5 nitrogen and oxygen atoms in total. The summed E-state index contributed by atoms with van der Waals surface area (Å²) in [6.07, 6.45) is 0.683. The molecule has 0 aromatic carbocycles. The quantitative estimate of drug-likeness (QED) is 0.837. The van der Waals surface area contributed by atoms with Crippen molar-refractivity contribution < 1.29 is 19.0 Å². The largest absolute Gasteiger partial charge is 0.485 e. The summed E-state index contributed by atoms with van der Waals surface area (Å²) < 4.78 is 16.1. The molecule has 0 unspecified atom stereocenters. The van der Waals surface area contributed by atoms with Gasteiger partial charge in [-0.25, -0.2) is 4.79 Å². The smallest absolute Gasteiger partial charge is 0.407 e. The number of carbonyl (C=O) groups is 1. The summed E-state index contributed by atoms with van der Waals surface area (Å²) in [4.78, 5) is 11.3. The molecular formula is C11H13NO4S. The second kappa shape index (κ2) is 5.58. The van der Waals surface area contributed by atoms with Crippen molar-refractivity contribution in [3.05, 3.63) is 23.4 Å². The molecule has 17 heavy (non-hydrogen) atoms. The number of amides is 1. The van der Waals surface area contributed by atoms with Crippen LogP contribution in [0.4, 0.5) is 4.79 Å². The van der Waals surface area contributed by atoms with Gasteiger partial charge in [-0.2, -0.15) is 0 Å². The Morgan fingerprint density at radius 2 is 2.18 bits per heavy atom. The van der Waals surface area contributed by atoms with Crippen molar-refractivity contribution in [1.29, 1.82) is 0 Å². The van der Waals surface area contributed by atoms with Crippen LogP contribution in [0.3, 0.4) is 0 Å². The zero-order valence-electron chi connectivity index (χ0n) is 9.18. The van der Waals surface area contributed by atoms with E-state index >= 15 is 0 Å². The fourth-order valence-corrected chi connectivity index (χ4v) is 2.00. The van der Waals surface area contributed by atoms with E-state index in [1.807, 2.05) is 10.8 Å². The van der Waals surface area contributed by atoms with Gasteiger partial charge in [0.25, 0.3) is 0 Å². The number of thiophene rings is 1. The summed E-state index contributed by atoms with van der Waals surface area (Å²) in [5, 5.41) is 6.24. The number of fused-ring (bicyclic) bond motifs is 1. The third-order valence-corrected chi connectivity index (χ3v) is 2.81. The van der Waals surface area contributed by atoms with E-state index in [1.54, 1.807) is 6.08 Å². The molecule has 0 saturated heterocycles. The summed E-state index contributed by atoms with van der Waals surface area (Å²) in [5.41, 5.74) is 0. The Balaban J connectivity index is 1.83. The molecule has 1 N–H and O–H groups in total. The van der Waals surface area contributed by atoms with Crippen LogP contribution in [0.25, 0.3) is 0 Å². The van der Waals surface area contributed by atoms with E-state index in [4.69, 9.17) is 14.2 Å². The number of carbonyl (C=O) groups excluding carboxylic acids is 1. The Bertz CT molecular complexity index is 381. The molecule has 0 saturated carbocycles. The topological polar surface area (TPSA) is 56.8 Å². The molecule has 92 valence electrons. The average molecular weight is 255 g/mol. The summed E-state index contributed by atoms with van der Waals surface area (Å²) in [5.74, 6) is 1.40. The van der Waals surface area contributed by atoms with Crippen LogP contribution in [0.15, 0.2) is 23.4 Å². The van der Waals surface area contributed by atoms with Crippen LogP contribution in [0.5, 0.6) is 11.5 Å². The van der Waals surface area contributed by atoms with Gasteiger partial charge in [0.1, 0.15) is 13.2 Å². The van der Waals surface area contributed by atoms with E-state index in [1.165, 1.54) is 11.3 Å². The van der Waals surface area contributed by atoms with Gasteiger partial charge in [-0.15, -0.1) is 17.9 Å². The lowest BCUT2D eigenvalue weighted by atomic mass is 10.4. The Morgan fingerprint density at radius 3 is 2.76 bits per heavy atom. The number of alkyl carbamates (subject to hydrolysis) is 1. The Kier molecular flexibility index (Phi) is 3.87. The summed E-state index contributed by atoms with van der Waals surface area (Å²) in [7, 11) is 0. The van der Waals surface area contributed by atoms with E-state index in [-0.39, 0.29) is 0 Å². The Labute approximate surface area is 103 Å². The highest BCUT2D eigenvalue weighted by molar-refractivity contribution is 7.08. The van der Waals surface area contributed by atoms with Crippen molar-refractivity contribution in [3.63, 3.8) is 0 Å². The van der Waals surface area contributed by atoms with Crippen LogP contribution >= 0.6 is 11.3 Å². The van der Waals surface area contributed by atoms with Crippen LogP contribution in [0.2, 0.25) is 0 Å². The first-order valence-electron chi connectivity index (χ1n) is 5.16. The lowest BCUT2D eigenvalue weighted by Gasteiger charge is -2.14. The van der Waals surface area contributed by atoms with Gasteiger partial charge in [-0.1, -0.05) is 6.08 Å². The lowest BCUT2D eigenvalue weighted by molar-refractivity contribution is 0.0477. The van der Waals surface area contributed by atoms with Crippen LogP contribution in [-0.2, 0) is 4.74 Å². The third kappa shape index (κ3) is 3.13. The molecule has 1 aromatic rings. The van der Waals surface area contributed by atoms with E-state index in [9.17, 15) is 4.79 Å². The second-order valence-corrected chi connectivity index (χ2v) is 4.16. The number of nitrogens with one attached hydrogen (secondary N) is 1. The summed E-state index contributed by atoms with van der Waals surface area (Å²) in [6, 6.07) is 0. The van der Waals surface area contributed by atoms with Crippen LogP contribution in [0.1, 0.15) is 0 Å². The standard InChI is InChI=1S/C11H13NO4S/c1-2-3-12-11(13)16-8-4-14-9-6-17-7-10(9)15-5-8/h2,6-8H,1,3-5H2,(H,12,13). The van der Waals surface area contributed by atoms with Crippen molar-refractivity contribution in [2.75, 3.05) is 19.8 Å². The zero-order chi connectivity index (χ0) is 12.1. The van der Waals surface area contributed by atoms with Gasteiger partial charge in [0.15, 0.2) is 17.6 Å². The number of hydrogen-bond acceptors (Lipinski definition) is 5. The third-order valence-electron chi connectivity index (χ3n) is 2.11. The molecule has 0 bridgehead atoms. The Hall–Kier alpha value is -1.69. The molecule has 2 rings (SSSR count). The predicted octanol–water partition coefficient (Wildman–Crippen LogP) is 1.80. The van der Waals surface area contributed by atoms with Crippen LogP contribution < -0.4 is 14.8 Å². The first-order chi connectivity index (χ1) is 8.29. The van der Waals surface area contributed by atoms with Gasteiger partial charge in [0, 0.05) is 17.3 Å². The predicted molar refractivity (Wildman–Crippen MR) is 63.8 cm³/mol. The van der Waals surface area contributed by atoms with Crippen molar-refractivity contribution in [1.82, 2.24) is 5.32 Å². The van der Waals surface area contributed by atoms with E-state index in [0.717, 1.165) is 0 Å². The highest BCUT2D eigenvalue weighted by Crippen LogP contribution is 2.33. The molecule has 1 amide bonds. The molecule has 0 aliphatic carbocycles. The number of hydrogen-bond donors (Lipinski definition) is 1. The molecule has 0 radical (unpaired) electrons. The minimum atomic E-state index is -0.494. The average Bonchev–Trinajstić information content (AvgIpc) is 2.70. The molecule has 0 atom stereocenters. The summed E-state index contributed by atoms with van der Waals surface area (Å²) >= 11 is 1.51. The van der Waals surface area contributed by atoms with E-state index < -0.39 is 12.2 Å². The maximum atomic E-state index is 11.3. The van der Waals surface area contributed by atoms with Crippen molar-refractivity contribution in [2.45, 2.75) is 6.10 Å². The molecule has 2 heterocycles. The second-order valence-electron chi connectivity index (χ2n) is 3.42. The molecular weight excluding hydrogens is 242 g/mol. The van der Waals surface area contributed by atoms with E-state index in [2.05, 4.69) is 11.9 Å². The molecule has 6 heteroatoms. The van der Waals surface area contributed by atoms with E-state index in [0.29, 0.717) is 31.3 Å². The van der Waals surface area contributed by atoms with Crippen LogP contribution in [-0.4, -0.2) is 32.0 Å². The fourth-order valence-electron chi connectivity index (χ4n) is 1.31. The highest BCUT2D eigenvalue weighted by Gasteiger charge is 2.21. The SMILES string of the molecule is C=CCNC(=O)OC1COc2cscc2OC1. The first-order valence-corrected chi connectivity index (χ1v) is 6.11. The minimum Gasteiger partial charge on any atom is -0.485 e. The highest BCUT2D eigenvalue weighted by atomic mass is 32.1. The van der Waals surface area contributed by atoms with Crippen LogP contribution in [0, 0.1) is 0 Å².